The molecule has 31 heavy (non-hydrogen) atoms. The zero-order chi connectivity index (χ0) is 22.2. The standard InChI is InChI=1S/C26H36O4Si/c1-24(2,3)31(21-13-7-5-8-14-21,22-15-9-6-10-16-22)29-20-25(4,27)23-19-28-26(30-23)17-11-12-18-26/h5-10,13-16,23,27H,11-12,17-20H2,1-4H3/t23-,25-/m0/s1. The number of benzene rings is 2. The van der Waals surface area contributed by atoms with E-state index in [4.69, 9.17) is 13.9 Å². The van der Waals surface area contributed by atoms with E-state index in [1.807, 2.05) is 19.1 Å². The van der Waals surface area contributed by atoms with Crippen molar-refractivity contribution in [1.82, 2.24) is 0 Å². The van der Waals surface area contributed by atoms with Gasteiger partial charge in [-0.2, -0.15) is 0 Å². The van der Waals surface area contributed by atoms with Crippen LogP contribution in [0.5, 0.6) is 0 Å². The molecule has 0 radical (unpaired) electrons. The van der Waals surface area contributed by atoms with Crippen molar-refractivity contribution in [3.8, 4) is 0 Å². The van der Waals surface area contributed by atoms with Crippen LogP contribution < -0.4 is 10.4 Å². The Kier molecular flexibility index (Phi) is 6.18. The molecule has 2 aliphatic rings. The van der Waals surface area contributed by atoms with E-state index in [2.05, 4.69) is 69.3 Å². The summed E-state index contributed by atoms with van der Waals surface area (Å²) in [4.78, 5) is 0. The second-order valence-corrected chi connectivity index (χ2v) is 14.7. The lowest BCUT2D eigenvalue weighted by Gasteiger charge is -2.45. The monoisotopic (exact) mass is 440 g/mol. The molecule has 2 aromatic carbocycles. The SMILES string of the molecule is CC(C)(C)[Si](OC[C@](C)(O)[C@@H]1COC2(CCCC2)O1)(c1ccccc1)c1ccccc1. The zero-order valence-electron chi connectivity index (χ0n) is 19.3. The van der Waals surface area contributed by atoms with Crippen LogP contribution in [-0.2, 0) is 13.9 Å². The van der Waals surface area contributed by atoms with E-state index in [-0.39, 0.29) is 17.7 Å². The molecule has 0 aromatic heterocycles. The van der Waals surface area contributed by atoms with Gasteiger partial charge < -0.3 is 19.0 Å². The summed E-state index contributed by atoms with van der Waals surface area (Å²) in [6, 6.07) is 21.0. The quantitative estimate of drug-likeness (QED) is 0.690. The Morgan fingerprint density at radius 2 is 1.45 bits per heavy atom. The molecule has 0 unspecified atom stereocenters. The maximum atomic E-state index is 11.5. The smallest absolute Gasteiger partial charge is 0.261 e. The van der Waals surface area contributed by atoms with Gasteiger partial charge in [-0.3, -0.25) is 0 Å². The first kappa shape index (κ1) is 22.7. The topological polar surface area (TPSA) is 47.9 Å². The number of hydrogen-bond donors (Lipinski definition) is 1. The number of ether oxygens (including phenoxy) is 2. The van der Waals surface area contributed by atoms with Crippen LogP contribution in [0.25, 0.3) is 0 Å². The summed E-state index contributed by atoms with van der Waals surface area (Å²) in [5.74, 6) is -0.494. The Morgan fingerprint density at radius 1 is 0.935 bits per heavy atom. The fourth-order valence-electron chi connectivity index (χ4n) is 5.15. The fourth-order valence-corrected chi connectivity index (χ4v) is 9.81. The first-order valence-electron chi connectivity index (χ1n) is 11.5. The van der Waals surface area contributed by atoms with E-state index in [0.29, 0.717) is 6.61 Å². The maximum absolute atomic E-state index is 11.5. The summed E-state index contributed by atoms with van der Waals surface area (Å²) in [7, 11) is -2.71. The minimum Gasteiger partial charge on any atom is -0.404 e. The van der Waals surface area contributed by atoms with Gasteiger partial charge in [0.1, 0.15) is 11.7 Å². The van der Waals surface area contributed by atoms with Crippen molar-refractivity contribution in [2.45, 2.75) is 75.9 Å². The third kappa shape index (κ3) is 4.26. The van der Waals surface area contributed by atoms with Crippen LogP contribution in [0.3, 0.4) is 0 Å². The molecule has 2 fully saturated rings. The zero-order valence-corrected chi connectivity index (χ0v) is 20.3. The van der Waals surface area contributed by atoms with E-state index < -0.39 is 19.7 Å². The highest BCUT2D eigenvalue weighted by Gasteiger charge is 2.54. The lowest BCUT2D eigenvalue weighted by Crippen LogP contribution is -2.68. The molecule has 5 heteroatoms. The third-order valence-corrected chi connectivity index (χ3v) is 11.9. The second-order valence-electron chi connectivity index (χ2n) is 10.3. The molecule has 1 aliphatic heterocycles. The van der Waals surface area contributed by atoms with E-state index in [9.17, 15) is 5.11 Å². The predicted molar refractivity (Wildman–Crippen MR) is 126 cm³/mol. The Hall–Kier alpha value is -1.50. The average molecular weight is 441 g/mol. The van der Waals surface area contributed by atoms with Crippen LogP contribution in [0.1, 0.15) is 53.4 Å². The van der Waals surface area contributed by atoms with Crippen LogP contribution in [-0.4, -0.2) is 44.1 Å². The minimum atomic E-state index is -2.71. The van der Waals surface area contributed by atoms with Gasteiger partial charge in [-0.1, -0.05) is 81.4 Å². The Bertz CT molecular complexity index is 814. The highest BCUT2D eigenvalue weighted by atomic mass is 28.4. The largest absolute Gasteiger partial charge is 0.404 e. The van der Waals surface area contributed by atoms with Gasteiger partial charge in [0, 0.05) is 12.8 Å². The molecule has 2 atom stereocenters. The van der Waals surface area contributed by atoms with Crippen molar-refractivity contribution < 1.29 is 19.0 Å². The molecule has 4 rings (SSSR count). The lowest BCUT2D eigenvalue weighted by molar-refractivity contribution is -0.189. The minimum absolute atomic E-state index is 0.133. The molecule has 1 heterocycles. The van der Waals surface area contributed by atoms with E-state index >= 15 is 0 Å². The summed E-state index contributed by atoms with van der Waals surface area (Å²) in [5, 5.41) is 13.8. The molecule has 0 bridgehead atoms. The van der Waals surface area contributed by atoms with Gasteiger partial charge in [-0.05, 0) is 35.2 Å². The molecule has 168 valence electrons. The first-order valence-corrected chi connectivity index (χ1v) is 13.4. The van der Waals surface area contributed by atoms with Crippen LogP contribution in [0, 0.1) is 0 Å². The van der Waals surface area contributed by atoms with Crippen molar-refractivity contribution in [3.63, 3.8) is 0 Å². The fraction of sp³-hybridized carbons (Fsp3) is 0.538. The van der Waals surface area contributed by atoms with Crippen molar-refractivity contribution in [2.75, 3.05) is 13.2 Å². The van der Waals surface area contributed by atoms with Gasteiger partial charge in [-0.15, -0.1) is 0 Å². The normalized spacial score (nSPS) is 23.2. The van der Waals surface area contributed by atoms with Crippen molar-refractivity contribution in [2.24, 2.45) is 0 Å². The maximum Gasteiger partial charge on any atom is 0.261 e. The summed E-state index contributed by atoms with van der Waals surface area (Å²) in [5.41, 5.74) is -1.14. The van der Waals surface area contributed by atoms with Gasteiger partial charge in [0.15, 0.2) is 5.79 Å². The lowest BCUT2D eigenvalue weighted by atomic mass is 10.0. The summed E-state index contributed by atoms with van der Waals surface area (Å²) < 4.78 is 19.3. The summed E-state index contributed by atoms with van der Waals surface area (Å²) in [6.07, 6.45) is 3.68. The van der Waals surface area contributed by atoms with E-state index in [1.54, 1.807) is 0 Å². The molecule has 0 amide bonds. The van der Waals surface area contributed by atoms with Gasteiger partial charge in [0.2, 0.25) is 0 Å². The number of aliphatic hydroxyl groups is 1. The van der Waals surface area contributed by atoms with E-state index in [0.717, 1.165) is 25.7 Å². The van der Waals surface area contributed by atoms with Crippen molar-refractivity contribution in [3.05, 3.63) is 60.7 Å². The van der Waals surface area contributed by atoms with Crippen molar-refractivity contribution in [1.29, 1.82) is 0 Å². The molecular formula is C26H36O4Si. The Balaban J connectivity index is 1.65. The molecular weight excluding hydrogens is 404 g/mol. The molecule has 4 nitrogen and oxygen atoms in total. The third-order valence-electron chi connectivity index (χ3n) is 6.91. The highest BCUT2D eigenvalue weighted by Crippen LogP contribution is 2.42. The summed E-state index contributed by atoms with van der Waals surface area (Å²) in [6.45, 7) is 9.18. The first-order chi connectivity index (χ1) is 14.7. The molecule has 2 aromatic rings. The second kappa shape index (κ2) is 8.45. The molecule has 1 aliphatic carbocycles. The predicted octanol–water partition coefficient (Wildman–Crippen LogP) is 4.00. The number of hydrogen-bond acceptors (Lipinski definition) is 4. The molecule has 1 saturated carbocycles. The highest BCUT2D eigenvalue weighted by molar-refractivity contribution is 6.99. The van der Waals surface area contributed by atoms with Crippen molar-refractivity contribution >= 4 is 18.7 Å². The molecule has 1 saturated heterocycles. The van der Waals surface area contributed by atoms with E-state index in [1.165, 1.54) is 10.4 Å². The molecule has 1 N–H and O–H groups in total. The van der Waals surface area contributed by atoms with Crippen LogP contribution >= 0.6 is 0 Å². The number of rotatable bonds is 6. The Morgan fingerprint density at radius 3 is 1.94 bits per heavy atom. The van der Waals surface area contributed by atoms with Crippen LogP contribution in [0.4, 0.5) is 0 Å². The summed E-state index contributed by atoms with van der Waals surface area (Å²) >= 11 is 0. The van der Waals surface area contributed by atoms with Gasteiger partial charge in [-0.25, -0.2) is 0 Å². The van der Waals surface area contributed by atoms with Crippen LogP contribution in [0.2, 0.25) is 5.04 Å². The van der Waals surface area contributed by atoms with Gasteiger partial charge in [0.05, 0.1) is 13.2 Å². The Labute approximate surface area is 187 Å². The average Bonchev–Trinajstić information content (AvgIpc) is 3.39. The van der Waals surface area contributed by atoms with Gasteiger partial charge >= 0.3 is 0 Å². The van der Waals surface area contributed by atoms with Crippen LogP contribution in [0.15, 0.2) is 60.7 Å². The molecule has 1 spiro atoms. The van der Waals surface area contributed by atoms with Gasteiger partial charge in [0.25, 0.3) is 8.32 Å².